The van der Waals surface area contributed by atoms with Crippen LogP contribution in [0, 0.1) is 6.92 Å². The van der Waals surface area contributed by atoms with Crippen molar-refractivity contribution in [3.8, 4) is 11.1 Å². The summed E-state index contributed by atoms with van der Waals surface area (Å²) in [6, 6.07) is 15.0. The molecular weight excluding hydrogens is 316 g/mol. The molecule has 0 aliphatic heterocycles. The lowest BCUT2D eigenvalue weighted by molar-refractivity contribution is -0.134. The molecule has 1 aromatic heterocycles. The molecule has 0 fully saturated rings. The Kier molecular flexibility index (Phi) is 4.52. The molecule has 2 aromatic carbocycles. The number of carbonyl (C=O) groups excluding carboxylic acids is 1. The van der Waals surface area contributed by atoms with Gasteiger partial charge in [0.1, 0.15) is 5.58 Å². The topological polar surface area (TPSA) is 56.5 Å². The number of allylic oxidation sites excluding steroid dienone is 1. The van der Waals surface area contributed by atoms with Gasteiger partial charge in [-0.3, -0.25) is 0 Å². The van der Waals surface area contributed by atoms with Crippen molar-refractivity contribution in [2.45, 2.75) is 13.8 Å². The lowest BCUT2D eigenvalue weighted by atomic mass is 9.96. The Hall–Kier alpha value is -3.14. The number of aryl methyl sites for hydroxylation is 1. The molecule has 0 amide bonds. The highest BCUT2D eigenvalue weighted by Crippen LogP contribution is 2.31. The Labute approximate surface area is 145 Å². The van der Waals surface area contributed by atoms with Crippen LogP contribution in [0.25, 0.3) is 27.7 Å². The molecule has 0 radical (unpaired) electrons. The number of rotatable bonds is 3. The Balaban J connectivity index is 2.20. The first-order valence-corrected chi connectivity index (χ1v) is 7.90. The van der Waals surface area contributed by atoms with Gasteiger partial charge in [-0.25, -0.2) is 9.59 Å². The third kappa shape index (κ3) is 3.38. The molecule has 4 heteroatoms. The maximum absolute atomic E-state index is 12.0. The zero-order valence-electron chi connectivity index (χ0n) is 14.3. The smallest absolute Gasteiger partial charge is 0.336 e. The van der Waals surface area contributed by atoms with Crippen LogP contribution in [-0.4, -0.2) is 13.1 Å². The fourth-order valence-electron chi connectivity index (χ4n) is 2.82. The molecule has 0 N–H and O–H groups in total. The maximum Gasteiger partial charge on any atom is 0.336 e. The van der Waals surface area contributed by atoms with E-state index in [1.165, 1.54) is 19.3 Å². The van der Waals surface area contributed by atoms with Gasteiger partial charge in [0, 0.05) is 23.1 Å². The largest absolute Gasteiger partial charge is 0.466 e. The van der Waals surface area contributed by atoms with Crippen LogP contribution in [0.4, 0.5) is 0 Å². The van der Waals surface area contributed by atoms with Crippen LogP contribution >= 0.6 is 0 Å². The minimum absolute atomic E-state index is 0.405. The van der Waals surface area contributed by atoms with Gasteiger partial charge in [0.25, 0.3) is 0 Å². The molecule has 0 spiro atoms. The molecule has 0 aliphatic rings. The van der Waals surface area contributed by atoms with Gasteiger partial charge in [-0.15, -0.1) is 0 Å². The predicted molar refractivity (Wildman–Crippen MR) is 98.3 cm³/mol. The molecular formula is C21H18O4. The molecule has 0 saturated heterocycles. The highest BCUT2D eigenvalue weighted by Gasteiger charge is 2.11. The molecule has 0 unspecified atom stereocenters. The van der Waals surface area contributed by atoms with Crippen LogP contribution in [0.2, 0.25) is 0 Å². The van der Waals surface area contributed by atoms with E-state index in [0.717, 1.165) is 33.2 Å². The van der Waals surface area contributed by atoms with E-state index >= 15 is 0 Å². The molecule has 25 heavy (non-hydrogen) atoms. The number of esters is 1. The van der Waals surface area contributed by atoms with E-state index < -0.39 is 11.6 Å². The normalized spacial score (nSPS) is 11.6. The summed E-state index contributed by atoms with van der Waals surface area (Å²) in [5, 5.41) is 0.850. The molecule has 1 heterocycles. The van der Waals surface area contributed by atoms with Gasteiger partial charge in [-0.2, -0.15) is 0 Å². The van der Waals surface area contributed by atoms with Gasteiger partial charge >= 0.3 is 11.6 Å². The quantitative estimate of drug-likeness (QED) is 0.406. The van der Waals surface area contributed by atoms with Gasteiger partial charge in [0.2, 0.25) is 0 Å². The van der Waals surface area contributed by atoms with E-state index in [-0.39, 0.29) is 0 Å². The zero-order valence-corrected chi connectivity index (χ0v) is 14.3. The summed E-state index contributed by atoms with van der Waals surface area (Å²) in [6.07, 6.45) is 1.41. The van der Waals surface area contributed by atoms with Gasteiger partial charge in [0.15, 0.2) is 0 Å². The third-order valence-corrected chi connectivity index (χ3v) is 4.17. The molecule has 0 bridgehead atoms. The lowest BCUT2D eigenvalue weighted by Gasteiger charge is -2.10. The number of hydrogen-bond acceptors (Lipinski definition) is 4. The Morgan fingerprint density at radius 2 is 1.84 bits per heavy atom. The zero-order chi connectivity index (χ0) is 18.0. The summed E-state index contributed by atoms with van der Waals surface area (Å²) in [7, 11) is 1.33. The Morgan fingerprint density at radius 1 is 1.08 bits per heavy atom. The van der Waals surface area contributed by atoms with Crippen LogP contribution in [0.1, 0.15) is 18.1 Å². The second-order valence-corrected chi connectivity index (χ2v) is 5.86. The maximum atomic E-state index is 12.0. The minimum Gasteiger partial charge on any atom is -0.466 e. The van der Waals surface area contributed by atoms with Crippen molar-refractivity contribution < 1.29 is 13.9 Å². The minimum atomic E-state index is -0.423. The lowest BCUT2D eigenvalue weighted by Crippen LogP contribution is -2.00. The average Bonchev–Trinajstić information content (AvgIpc) is 2.60. The summed E-state index contributed by atoms with van der Waals surface area (Å²) in [5.74, 6) is -0.423. The Bertz CT molecular complexity index is 1040. The number of benzene rings is 2. The van der Waals surface area contributed by atoms with Crippen molar-refractivity contribution in [2.24, 2.45) is 0 Å². The standard InChI is InChI=1S/C21H18O4/c1-13-6-4-5-7-16(13)18-12-21(23)25-19-11-15(8-9-17(18)19)14(2)10-20(22)24-3/h4-12H,1-3H3/b14-10+. The van der Waals surface area contributed by atoms with Crippen LogP contribution in [0.3, 0.4) is 0 Å². The molecule has 0 atom stereocenters. The van der Waals surface area contributed by atoms with E-state index in [9.17, 15) is 9.59 Å². The highest BCUT2D eigenvalue weighted by atomic mass is 16.5. The van der Waals surface area contributed by atoms with Crippen molar-refractivity contribution in [2.75, 3.05) is 7.11 Å². The Morgan fingerprint density at radius 3 is 2.56 bits per heavy atom. The van der Waals surface area contributed by atoms with E-state index in [1.54, 1.807) is 13.0 Å². The van der Waals surface area contributed by atoms with E-state index in [4.69, 9.17) is 4.42 Å². The fraction of sp³-hybridized carbons (Fsp3) is 0.143. The summed E-state index contributed by atoms with van der Waals surface area (Å²) >= 11 is 0. The van der Waals surface area contributed by atoms with Gasteiger partial charge < -0.3 is 9.15 Å². The molecule has 126 valence electrons. The highest BCUT2D eigenvalue weighted by molar-refractivity contribution is 5.97. The SMILES string of the molecule is COC(=O)/C=C(\C)c1ccc2c(-c3ccccc3C)cc(=O)oc2c1. The second-order valence-electron chi connectivity index (χ2n) is 5.86. The molecule has 3 aromatic rings. The first kappa shape index (κ1) is 16.7. The number of methoxy groups -OCH3 is 1. The third-order valence-electron chi connectivity index (χ3n) is 4.17. The van der Waals surface area contributed by atoms with Crippen LogP contribution < -0.4 is 5.63 Å². The average molecular weight is 334 g/mol. The molecule has 0 saturated carbocycles. The van der Waals surface area contributed by atoms with Crippen molar-refractivity contribution >= 4 is 22.5 Å². The van der Waals surface area contributed by atoms with Crippen LogP contribution in [0.5, 0.6) is 0 Å². The van der Waals surface area contributed by atoms with Crippen molar-refractivity contribution in [3.05, 3.63) is 76.2 Å². The van der Waals surface area contributed by atoms with E-state index in [2.05, 4.69) is 4.74 Å². The first-order chi connectivity index (χ1) is 12.0. The van der Waals surface area contributed by atoms with Crippen LogP contribution in [-0.2, 0) is 9.53 Å². The monoisotopic (exact) mass is 334 g/mol. The number of fused-ring (bicyclic) bond motifs is 1. The van der Waals surface area contributed by atoms with Gasteiger partial charge in [-0.05, 0) is 48.2 Å². The molecule has 4 nitrogen and oxygen atoms in total. The number of carbonyl (C=O) groups is 1. The fourth-order valence-corrected chi connectivity index (χ4v) is 2.82. The van der Waals surface area contributed by atoms with E-state index in [0.29, 0.717) is 5.58 Å². The van der Waals surface area contributed by atoms with Gasteiger partial charge in [0.05, 0.1) is 7.11 Å². The molecule has 3 rings (SSSR count). The van der Waals surface area contributed by atoms with Crippen molar-refractivity contribution in [3.63, 3.8) is 0 Å². The first-order valence-electron chi connectivity index (χ1n) is 7.90. The number of ether oxygens (including phenoxy) is 1. The number of hydrogen-bond donors (Lipinski definition) is 0. The summed E-state index contributed by atoms with van der Waals surface area (Å²) in [4.78, 5) is 23.5. The summed E-state index contributed by atoms with van der Waals surface area (Å²) in [6.45, 7) is 3.81. The van der Waals surface area contributed by atoms with Crippen molar-refractivity contribution in [1.82, 2.24) is 0 Å². The van der Waals surface area contributed by atoms with Crippen molar-refractivity contribution in [1.29, 1.82) is 0 Å². The van der Waals surface area contributed by atoms with Crippen LogP contribution in [0.15, 0.2) is 63.8 Å². The predicted octanol–water partition coefficient (Wildman–Crippen LogP) is 4.34. The summed E-state index contributed by atoms with van der Waals surface area (Å²) < 4.78 is 10.0. The van der Waals surface area contributed by atoms with E-state index in [1.807, 2.05) is 43.3 Å². The molecule has 0 aliphatic carbocycles. The second kappa shape index (κ2) is 6.77. The summed E-state index contributed by atoms with van der Waals surface area (Å²) in [5.41, 5.74) is 4.53. The van der Waals surface area contributed by atoms with Gasteiger partial charge in [-0.1, -0.05) is 30.3 Å².